The molecule has 112 valence electrons. The second-order valence-corrected chi connectivity index (χ2v) is 6.79. The van der Waals surface area contributed by atoms with E-state index in [-0.39, 0.29) is 10.9 Å². The van der Waals surface area contributed by atoms with Gasteiger partial charge >= 0.3 is 0 Å². The number of aryl methyl sites for hydroxylation is 1. The van der Waals surface area contributed by atoms with Crippen molar-refractivity contribution in [2.24, 2.45) is 0 Å². The van der Waals surface area contributed by atoms with Crippen LogP contribution >= 0.6 is 27.5 Å². The van der Waals surface area contributed by atoms with Gasteiger partial charge in [0.15, 0.2) is 0 Å². The Bertz CT molecular complexity index is 901. The predicted molar refractivity (Wildman–Crippen MR) is 94.0 cm³/mol. The number of halogens is 2. The fraction of sp³-hybridized carbons (Fsp3) is 0.176. The summed E-state index contributed by atoms with van der Waals surface area (Å²) in [5.41, 5.74) is 2.44. The topological polar surface area (TPSA) is 34.9 Å². The SMILES string of the molecule is Cc1ccc(-n2c(C(C)Cl)nc3ccc(Br)cc3c2=O)cc1. The molecule has 1 unspecified atom stereocenters. The third-order valence-corrected chi connectivity index (χ3v) is 4.19. The van der Waals surface area contributed by atoms with Gasteiger partial charge in [-0.3, -0.25) is 9.36 Å². The molecule has 0 amide bonds. The molecule has 2 aromatic carbocycles. The Morgan fingerprint density at radius 1 is 1.18 bits per heavy atom. The van der Waals surface area contributed by atoms with Crippen LogP contribution in [-0.2, 0) is 0 Å². The van der Waals surface area contributed by atoms with E-state index in [4.69, 9.17) is 11.6 Å². The van der Waals surface area contributed by atoms with E-state index in [0.29, 0.717) is 16.7 Å². The number of hydrogen-bond donors (Lipinski definition) is 0. The van der Waals surface area contributed by atoms with Crippen LogP contribution in [0.15, 0.2) is 51.7 Å². The minimum absolute atomic E-state index is 0.113. The molecular formula is C17H14BrClN2O. The molecule has 0 radical (unpaired) electrons. The average Bonchev–Trinajstić information content (AvgIpc) is 2.49. The van der Waals surface area contributed by atoms with E-state index in [9.17, 15) is 4.79 Å². The summed E-state index contributed by atoms with van der Waals surface area (Å²) in [4.78, 5) is 17.5. The van der Waals surface area contributed by atoms with Crippen molar-refractivity contribution in [2.75, 3.05) is 0 Å². The number of aromatic nitrogens is 2. The van der Waals surface area contributed by atoms with Crippen molar-refractivity contribution < 1.29 is 0 Å². The monoisotopic (exact) mass is 376 g/mol. The minimum Gasteiger partial charge on any atom is -0.268 e. The summed E-state index contributed by atoms with van der Waals surface area (Å²) in [6, 6.07) is 13.2. The molecule has 0 fully saturated rings. The van der Waals surface area contributed by atoms with Crippen LogP contribution in [-0.4, -0.2) is 9.55 Å². The molecule has 1 atom stereocenters. The number of alkyl halides is 1. The highest BCUT2D eigenvalue weighted by Gasteiger charge is 2.16. The Hall–Kier alpha value is -1.65. The van der Waals surface area contributed by atoms with Crippen LogP contribution in [0.3, 0.4) is 0 Å². The summed E-state index contributed by atoms with van der Waals surface area (Å²) < 4.78 is 2.44. The van der Waals surface area contributed by atoms with Gasteiger partial charge < -0.3 is 0 Å². The van der Waals surface area contributed by atoms with Gasteiger partial charge in [0.2, 0.25) is 0 Å². The maximum absolute atomic E-state index is 12.9. The molecular weight excluding hydrogens is 364 g/mol. The first-order valence-electron chi connectivity index (χ1n) is 6.90. The van der Waals surface area contributed by atoms with Gasteiger partial charge in [0, 0.05) is 4.47 Å². The number of fused-ring (bicyclic) bond motifs is 1. The van der Waals surface area contributed by atoms with E-state index in [2.05, 4.69) is 20.9 Å². The molecule has 0 aliphatic heterocycles. The van der Waals surface area contributed by atoms with Gasteiger partial charge in [-0.1, -0.05) is 33.6 Å². The second kappa shape index (κ2) is 5.86. The second-order valence-electron chi connectivity index (χ2n) is 5.22. The number of benzene rings is 2. The van der Waals surface area contributed by atoms with Crippen molar-refractivity contribution in [3.63, 3.8) is 0 Å². The van der Waals surface area contributed by atoms with Crippen LogP contribution < -0.4 is 5.56 Å². The number of rotatable bonds is 2. The van der Waals surface area contributed by atoms with Crippen LogP contribution in [0.2, 0.25) is 0 Å². The summed E-state index contributed by atoms with van der Waals surface area (Å²) in [7, 11) is 0. The molecule has 3 rings (SSSR count). The zero-order chi connectivity index (χ0) is 15.9. The molecule has 0 aliphatic carbocycles. The van der Waals surface area contributed by atoms with Crippen molar-refractivity contribution >= 4 is 38.4 Å². The van der Waals surface area contributed by atoms with Crippen LogP contribution in [0.1, 0.15) is 23.7 Å². The third-order valence-electron chi connectivity index (χ3n) is 3.50. The highest BCUT2D eigenvalue weighted by molar-refractivity contribution is 9.10. The Morgan fingerprint density at radius 3 is 2.50 bits per heavy atom. The zero-order valence-corrected chi connectivity index (χ0v) is 14.5. The van der Waals surface area contributed by atoms with Crippen molar-refractivity contribution in [1.29, 1.82) is 0 Å². The third kappa shape index (κ3) is 2.69. The fourth-order valence-corrected chi connectivity index (χ4v) is 2.89. The van der Waals surface area contributed by atoms with Gasteiger partial charge in [0.1, 0.15) is 5.82 Å². The summed E-state index contributed by atoms with van der Waals surface area (Å²) in [5, 5.41) is 0.193. The molecule has 1 heterocycles. The molecule has 3 aromatic rings. The van der Waals surface area contributed by atoms with Crippen LogP contribution in [0.4, 0.5) is 0 Å². The molecule has 0 bridgehead atoms. The van der Waals surface area contributed by atoms with Gasteiger partial charge in [-0.25, -0.2) is 4.98 Å². The van der Waals surface area contributed by atoms with Crippen molar-refractivity contribution in [2.45, 2.75) is 19.2 Å². The summed E-state index contributed by atoms with van der Waals surface area (Å²) in [6.45, 7) is 3.83. The molecule has 5 heteroatoms. The Labute approximate surface area is 141 Å². The van der Waals surface area contributed by atoms with Crippen LogP contribution in [0, 0.1) is 6.92 Å². The first-order chi connectivity index (χ1) is 10.5. The first kappa shape index (κ1) is 15.3. The standard InChI is InChI=1S/C17H14BrClN2O/c1-10-3-6-13(7-4-10)21-16(11(2)19)20-15-8-5-12(18)9-14(15)17(21)22/h3-9,11H,1-2H3. The molecule has 1 aromatic heterocycles. The largest absolute Gasteiger partial charge is 0.268 e. The first-order valence-corrected chi connectivity index (χ1v) is 8.13. The lowest BCUT2D eigenvalue weighted by atomic mass is 10.2. The lowest BCUT2D eigenvalue weighted by Gasteiger charge is -2.15. The highest BCUT2D eigenvalue weighted by atomic mass is 79.9. The van der Waals surface area contributed by atoms with E-state index in [1.165, 1.54) is 0 Å². The molecule has 0 aliphatic rings. The van der Waals surface area contributed by atoms with E-state index in [1.54, 1.807) is 10.6 Å². The molecule has 0 N–H and O–H groups in total. The normalized spacial score (nSPS) is 12.5. The van der Waals surface area contributed by atoms with E-state index >= 15 is 0 Å². The van der Waals surface area contributed by atoms with Gasteiger partial charge in [-0.05, 0) is 44.2 Å². The molecule has 0 saturated carbocycles. The van der Waals surface area contributed by atoms with Gasteiger partial charge in [-0.2, -0.15) is 0 Å². The lowest BCUT2D eigenvalue weighted by Crippen LogP contribution is -2.24. The molecule has 3 nitrogen and oxygen atoms in total. The van der Waals surface area contributed by atoms with E-state index < -0.39 is 0 Å². The number of nitrogens with zero attached hydrogens (tertiary/aromatic N) is 2. The summed E-state index contributed by atoms with van der Waals surface area (Å²) in [5.74, 6) is 0.547. The Morgan fingerprint density at radius 2 is 1.86 bits per heavy atom. The van der Waals surface area contributed by atoms with Crippen LogP contribution in [0.25, 0.3) is 16.6 Å². The predicted octanol–water partition coefficient (Wildman–Crippen LogP) is 4.76. The molecule has 0 spiro atoms. The maximum atomic E-state index is 12.9. The Kier molecular flexibility index (Phi) is 4.06. The molecule has 0 saturated heterocycles. The fourth-order valence-electron chi connectivity index (χ4n) is 2.39. The highest BCUT2D eigenvalue weighted by Crippen LogP contribution is 2.23. The van der Waals surface area contributed by atoms with E-state index in [1.807, 2.05) is 50.2 Å². The van der Waals surface area contributed by atoms with Gasteiger partial charge in [-0.15, -0.1) is 11.6 Å². The zero-order valence-electron chi connectivity index (χ0n) is 12.2. The van der Waals surface area contributed by atoms with Gasteiger partial charge in [0.25, 0.3) is 5.56 Å². The molecule has 22 heavy (non-hydrogen) atoms. The van der Waals surface area contributed by atoms with Gasteiger partial charge in [0.05, 0.1) is 22.0 Å². The lowest BCUT2D eigenvalue weighted by molar-refractivity contribution is 0.815. The van der Waals surface area contributed by atoms with Crippen molar-refractivity contribution in [1.82, 2.24) is 9.55 Å². The van der Waals surface area contributed by atoms with E-state index in [0.717, 1.165) is 15.7 Å². The Balaban J connectivity index is 2.40. The van der Waals surface area contributed by atoms with Crippen LogP contribution in [0.5, 0.6) is 0 Å². The minimum atomic E-state index is -0.373. The smallest absolute Gasteiger partial charge is 0.266 e. The maximum Gasteiger partial charge on any atom is 0.266 e. The van der Waals surface area contributed by atoms with Crippen molar-refractivity contribution in [3.05, 3.63) is 68.7 Å². The number of hydrogen-bond acceptors (Lipinski definition) is 2. The van der Waals surface area contributed by atoms with Crippen molar-refractivity contribution in [3.8, 4) is 5.69 Å². The summed E-state index contributed by atoms with van der Waals surface area (Å²) >= 11 is 9.66. The summed E-state index contributed by atoms with van der Waals surface area (Å²) in [6.07, 6.45) is 0. The quantitative estimate of drug-likeness (QED) is 0.604. The average molecular weight is 378 g/mol.